The van der Waals surface area contributed by atoms with Gasteiger partial charge in [-0.1, -0.05) is 12.1 Å². The summed E-state index contributed by atoms with van der Waals surface area (Å²) in [6.45, 7) is -1.55. The highest BCUT2D eigenvalue weighted by atomic mass is 35.5. The number of amides is 1. The van der Waals surface area contributed by atoms with Gasteiger partial charge in [-0.2, -0.15) is 13.2 Å². The Hall–Kier alpha value is -1.27. The molecule has 0 radical (unpaired) electrons. The van der Waals surface area contributed by atoms with E-state index in [1.807, 2.05) is 0 Å². The molecule has 0 bridgehead atoms. The van der Waals surface area contributed by atoms with Crippen LogP contribution in [0.1, 0.15) is 16.5 Å². The van der Waals surface area contributed by atoms with Crippen LogP contribution in [0.4, 0.5) is 18.9 Å². The number of carbonyl (C=O) groups excluding carboxylic acids is 1. The summed E-state index contributed by atoms with van der Waals surface area (Å²) in [4.78, 5) is 11.2. The van der Waals surface area contributed by atoms with Crippen molar-refractivity contribution in [3.63, 3.8) is 0 Å². The molecule has 0 saturated carbocycles. The molecule has 1 N–H and O–H groups in total. The first-order valence-corrected chi connectivity index (χ1v) is 6.00. The molecule has 19 heavy (non-hydrogen) atoms. The molecule has 0 spiro atoms. The topological polar surface area (TPSA) is 38.3 Å². The number of alkyl halides is 4. The lowest BCUT2D eigenvalue weighted by atomic mass is 10.1. The second-order valence-corrected chi connectivity index (χ2v) is 4.77. The zero-order valence-electron chi connectivity index (χ0n) is 9.76. The van der Waals surface area contributed by atoms with Crippen molar-refractivity contribution in [2.75, 3.05) is 18.5 Å². The number of nitrogens with one attached hydrogen (secondary N) is 1. The highest BCUT2D eigenvalue weighted by Gasteiger charge is 2.28. The van der Waals surface area contributed by atoms with Gasteiger partial charge in [0.2, 0.25) is 5.91 Å². The van der Waals surface area contributed by atoms with E-state index in [1.165, 1.54) is 0 Å². The van der Waals surface area contributed by atoms with Crippen molar-refractivity contribution < 1.29 is 22.7 Å². The standard InChI is InChI=1S/C12H11ClF3NO2/c13-9(5-19-6-12(14,15)16)7-1-2-10-8(3-7)4-11(18)17-10/h1-3,9H,4-6H2,(H,17,18). The van der Waals surface area contributed by atoms with Gasteiger partial charge in [0.05, 0.1) is 18.4 Å². The van der Waals surface area contributed by atoms with Crippen LogP contribution >= 0.6 is 11.6 Å². The fraction of sp³-hybridized carbons (Fsp3) is 0.417. The van der Waals surface area contributed by atoms with Gasteiger partial charge in [0.15, 0.2) is 0 Å². The summed E-state index contributed by atoms with van der Waals surface area (Å²) in [7, 11) is 0. The van der Waals surface area contributed by atoms with Crippen LogP contribution in [-0.2, 0) is 16.0 Å². The lowest BCUT2D eigenvalue weighted by molar-refractivity contribution is -0.173. The van der Waals surface area contributed by atoms with E-state index in [-0.39, 0.29) is 18.9 Å². The third kappa shape index (κ3) is 3.84. The Balaban J connectivity index is 1.95. The summed E-state index contributed by atoms with van der Waals surface area (Å²) >= 11 is 5.98. The minimum Gasteiger partial charge on any atom is -0.370 e. The number of halogens is 4. The van der Waals surface area contributed by atoms with Crippen LogP contribution in [0.3, 0.4) is 0 Å². The zero-order chi connectivity index (χ0) is 14.0. The van der Waals surface area contributed by atoms with Crippen LogP contribution in [0.5, 0.6) is 0 Å². The number of hydrogen-bond donors (Lipinski definition) is 1. The van der Waals surface area contributed by atoms with Gasteiger partial charge in [-0.25, -0.2) is 0 Å². The van der Waals surface area contributed by atoms with E-state index < -0.39 is 18.2 Å². The average molecular weight is 294 g/mol. The Morgan fingerprint density at radius 1 is 1.42 bits per heavy atom. The first kappa shape index (κ1) is 14.1. The molecule has 1 aromatic rings. The van der Waals surface area contributed by atoms with Gasteiger partial charge < -0.3 is 10.1 Å². The molecule has 1 heterocycles. The molecular formula is C12H11ClF3NO2. The van der Waals surface area contributed by atoms with Crippen molar-refractivity contribution in [2.45, 2.75) is 18.0 Å². The normalized spacial score (nSPS) is 16.1. The second-order valence-electron chi connectivity index (χ2n) is 4.24. The van der Waals surface area contributed by atoms with Crippen molar-refractivity contribution in [3.8, 4) is 0 Å². The van der Waals surface area contributed by atoms with E-state index in [9.17, 15) is 18.0 Å². The molecule has 1 aliphatic heterocycles. The van der Waals surface area contributed by atoms with Crippen LogP contribution in [0, 0.1) is 0 Å². The first-order valence-electron chi connectivity index (χ1n) is 5.56. The molecule has 3 nitrogen and oxygen atoms in total. The number of fused-ring (bicyclic) bond motifs is 1. The van der Waals surface area contributed by atoms with Gasteiger partial charge in [0.25, 0.3) is 0 Å². The monoisotopic (exact) mass is 293 g/mol. The number of anilines is 1. The fourth-order valence-electron chi connectivity index (χ4n) is 1.82. The Morgan fingerprint density at radius 2 is 2.16 bits per heavy atom. The molecule has 0 saturated heterocycles. The predicted molar refractivity (Wildman–Crippen MR) is 64.2 cm³/mol. The van der Waals surface area contributed by atoms with Crippen molar-refractivity contribution in [2.24, 2.45) is 0 Å². The van der Waals surface area contributed by atoms with E-state index in [1.54, 1.807) is 18.2 Å². The summed E-state index contributed by atoms with van der Waals surface area (Å²) < 4.78 is 40.3. The molecule has 7 heteroatoms. The third-order valence-corrected chi connectivity index (χ3v) is 3.02. The lowest BCUT2D eigenvalue weighted by Gasteiger charge is -2.13. The largest absolute Gasteiger partial charge is 0.411 e. The van der Waals surface area contributed by atoms with E-state index in [4.69, 9.17) is 11.6 Å². The van der Waals surface area contributed by atoms with Crippen LogP contribution in [0.25, 0.3) is 0 Å². The van der Waals surface area contributed by atoms with Crippen molar-refractivity contribution in [1.29, 1.82) is 0 Å². The Kier molecular flexibility index (Phi) is 4.01. The second kappa shape index (κ2) is 5.38. The molecule has 104 valence electrons. The van der Waals surface area contributed by atoms with Gasteiger partial charge in [0.1, 0.15) is 6.61 Å². The SMILES string of the molecule is O=C1Cc2cc(C(Cl)COCC(F)(F)F)ccc2N1. The van der Waals surface area contributed by atoms with Crippen molar-refractivity contribution in [3.05, 3.63) is 29.3 Å². The van der Waals surface area contributed by atoms with E-state index in [0.717, 1.165) is 5.56 Å². The molecule has 1 amide bonds. The van der Waals surface area contributed by atoms with Crippen molar-refractivity contribution >= 4 is 23.2 Å². The van der Waals surface area contributed by atoms with Gasteiger partial charge in [-0.15, -0.1) is 11.6 Å². The van der Waals surface area contributed by atoms with Crippen LogP contribution in [0.15, 0.2) is 18.2 Å². The molecule has 0 aliphatic carbocycles. The Morgan fingerprint density at radius 3 is 2.84 bits per heavy atom. The van der Waals surface area contributed by atoms with E-state index >= 15 is 0 Å². The molecule has 0 fully saturated rings. The number of carbonyl (C=O) groups is 1. The fourth-order valence-corrected chi connectivity index (χ4v) is 2.04. The summed E-state index contributed by atoms with van der Waals surface area (Å²) in [6.07, 6.45) is -4.10. The molecule has 1 unspecified atom stereocenters. The third-order valence-electron chi connectivity index (χ3n) is 2.65. The number of rotatable bonds is 4. The first-order chi connectivity index (χ1) is 8.85. The van der Waals surface area contributed by atoms with Gasteiger partial charge in [-0.3, -0.25) is 4.79 Å². The van der Waals surface area contributed by atoms with Crippen molar-refractivity contribution in [1.82, 2.24) is 0 Å². The number of ether oxygens (including phenoxy) is 1. The summed E-state index contributed by atoms with van der Waals surface area (Å²) in [5.41, 5.74) is 2.15. The summed E-state index contributed by atoms with van der Waals surface area (Å²) in [6, 6.07) is 5.07. The molecule has 0 aromatic heterocycles. The maximum Gasteiger partial charge on any atom is 0.411 e. The predicted octanol–water partition coefficient (Wildman–Crippen LogP) is 3.04. The maximum absolute atomic E-state index is 11.9. The molecule has 2 rings (SSSR count). The minimum atomic E-state index is -4.36. The minimum absolute atomic E-state index is 0.105. The zero-order valence-corrected chi connectivity index (χ0v) is 10.5. The van der Waals surface area contributed by atoms with Gasteiger partial charge in [-0.05, 0) is 17.2 Å². The van der Waals surface area contributed by atoms with Gasteiger partial charge in [0, 0.05) is 5.69 Å². The number of hydrogen-bond acceptors (Lipinski definition) is 2. The Labute approximate surface area is 112 Å². The maximum atomic E-state index is 11.9. The summed E-state index contributed by atoms with van der Waals surface area (Å²) in [5.74, 6) is -0.105. The van der Waals surface area contributed by atoms with Gasteiger partial charge >= 0.3 is 6.18 Å². The molecular weight excluding hydrogens is 283 g/mol. The highest BCUT2D eigenvalue weighted by molar-refractivity contribution is 6.21. The molecule has 1 aliphatic rings. The number of benzene rings is 1. The van der Waals surface area contributed by atoms with Crippen LogP contribution in [-0.4, -0.2) is 25.3 Å². The smallest absolute Gasteiger partial charge is 0.370 e. The highest BCUT2D eigenvalue weighted by Crippen LogP contribution is 2.29. The molecule has 1 aromatic carbocycles. The quantitative estimate of drug-likeness (QED) is 0.867. The van der Waals surface area contributed by atoms with E-state index in [2.05, 4.69) is 10.1 Å². The average Bonchev–Trinajstić information content (AvgIpc) is 2.65. The van der Waals surface area contributed by atoms with E-state index in [0.29, 0.717) is 11.3 Å². The van der Waals surface area contributed by atoms with Crippen LogP contribution in [0.2, 0.25) is 0 Å². The summed E-state index contributed by atoms with van der Waals surface area (Å²) in [5, 5.41) is 1.99. The lowest BCUT2D eigenvalue weighted by Crippen LogP contribution is -2.18. The van der Waals surface area contributed by atoms with Crippen LogP contribution < -0.4 is 5.32 Å². The molecule has 1 atom stereocenters. The Bertz CT molecular complexity index is 490.